The number of fused-ring (bicyclic) bond motifs is 1. The van der Waals surface area contributed by atoms with Crippen LogP contribution < -0.4 is 0 Å². The van der Waals surface area contributed by atoms with Gasteiger partial charge in [0.15, 0.2) is 0 Å². The van der Waals surface area contributed by atoms with Gasteiger partial charge in [-0.25, -0.2) is 15.0 Å². The number of halogens is 1. The van der Waals surface area contributed by atoms with Crippen LogP contribution in [-0.4, -0.2) is 19.5 Å². The Morgan fingerprint density at radius 1 is 1.12 bits per heavy atom. The number of nitrogens with zero attached hydrogens (tertiary/aromatic N) is 4. The molecule has 0 spiro atoms. The van der Waals surface area contributed by atoms with E-state index in [9.17, 15) is 0 Å². The van der Waals surface area contributed by atoms with Crippen LogP contribution in [-0.2, 0) is 0 Å². The summed E-state index contributed by atoms with van der Waals surface area (Å²) in [6, 6.07) is 7.89. The summed E-state index contributed by atoms with van der Waals surface area (Å²) in [7, 11) is 0. The Morgan fingerprint density at radius 2 is 1.82 bits per heavy atom. The summed E-state index contributed by atoms with van der Waals surface area (Å²) in [5.41, 5.74) is 1.93. The van der Waals surface area contributed by atoms with E-state index in [2.05, 4.69) is 15.0 Å². The Bertz CT molecular complexity index is 673. The van der Waals surface area contributed by atoms with E-state index in [0.717, 1.165) is 16.9 Å². The van der Waals surface area contributed by atoms with Gasteiger partial charge < -0.3 is 0 Å². The highest BCUT2D eigenvalue weighted by Crippen LogP contribution is 2.18. The third kappa shape index (κ3) is 1.66. The van der Waals surface area contributed by atoms with Crippen molar-refractivity contribution in [3.05, 3.63) is 47.5 Å². The molecule has 5 heteroatoms. The summed E-state index contributed by atoms with van der Waals surface area (Å²) in [4.78, 5) is 12.9. The summed E-state index contributed by atoms with van der Waals surface area (Å²) in [5.74, 6) is 1.44. The normalized spacial score (nSPS) is 10.9. The third-order valence-corrected chi connectivity index (χ3v) is 2.73. The van der Waals surface area contributed by atoms with Crippen LogP contribution in [0.1, 0.15) is 5.82 Å². The minimum Gasteiger partial charge on any atom is -0.264 e. The maximum atomic E-state index is 5.78. The van der Waals surface area contributed by atoms with E-state index in [1.54, 1.807) is 12.4 Å². The van der Waals surface area contributed by atoms with Crippen molar-refractivity contribution in [2.75, 3.05) is 0 Å². The number of imidazole rings is 1. The van der Waals surface area contributed by atoms with Crippen molar-refractivity contribution in [2.45, 2.75) is 6.92 Å². The maximum Gasteiger partial charge on any atom is 0.235 e. The van der Waals surface area contributed by atoms with E-state index >= 15 is 0 Å². The number of aromatic nitrogens is 4. The predicted octanol–water partition coefficient (Wildman–Crippen LogP) is 2.78. The fourth-order valence-electron chi connectivity index (χ4n) is 1.82. The second-order valence-corrected chi connectivity index (χ2v) is 4.12. The quantitative estimate of drug-likeness (QED) is 0.661. The van der Waals surface area contributed by atoms with Gasteiger partial charge in [0, 0.05) is 0 Å². The molecule has 1 aromatic carbocycles. The standard InChI is InChI=1S/C12H9ClN4/c1-8-16-10-4-2-3-5-11(10)17(8)12-14-6-9(13)7-15-12/h2-7H,1H3. The monoisotopic (exact) mass is 244 g/mol. The molecule has 0 aliphatic heterocycles. The van der Waals surface area contributed by atoms with E-state index < -0.39 is 0 Å². The molecule has 3 rings (SSSR count). The van der Waals surface area contributed by atoms with Gasteiger partial charge in [0.05, 0.1) is 28.4 Å². The molecule has 17 heavy (non-hydrogen) atoms. The van der Waals surface area contributed by atoms with E-state index in [4.69, 9.17) is 11.6 Å². The minimum atomic E-state index is 0.524. The molecule has 0 N–H and O–H groups in total. The summed E-state index contributed by atoms with van der Waals surface area (Å²) in [6.07, 6.45) is 3.16. The van der Waals surface area contributed by atoms with Crippen molar-refractivity contribution in [3.63, 3.8) is 0 Å². The van der Waals surface area contributed by atoms with Crippen LogP contribution in [0, 0.1) is 6.92 Å². The van der Waals surface area contributed by atoms with Crippen LogP contribution in [0.25, 0.3) is 17.0 Å². The second kappa shape index (κ2) is 3.82. The minimum absolute atomic E-state index is 0.524. The van der Waals surface area contributed by atoms with Crippen LogP contribution in [0.3, 0.4) is 0 Å². The van der Waals surface area contributed by atoms with Crippen molar-refractivity contribution in [3.8, 4) is 5.95 Å². The van der Waals surface area contributed by atoms with Gasteiger partial charge in [-0.2, -0.15) is 0 Å². The molecule has 0 amide bonds. The number of hydrogen-bond donors (Lipinski definition) is 0. The molecular formula is C12H9ClN4. The molecule has 0 radical (unpaired) electrons. The fraction of sp³-hybridized carbons (Fsp3) is 0.0833. The zero-order chi connectivity index (χ0) is 11.8. The van der Waals surface area contributed by atoms with E-state index in [1.807, 2.05) is 35.8 Å². The molecule has 84 valence electrons. The first-order chi connectivity index (χ1) is 8.25. The number of para-hydroxylation sites is 2. The van der Waals surface area contributed by atoms with Gasteiger partial charge in [-0.1, -0.05) is 23.7 Å². The first-order valence-corrected chi connectivity index (χ1v) is 5.55. The van der Waals surface area contributed by atoms with Gasteiger partial charge in [0.1, 0.15) is 5.82 Å². The van der Waals surface area contributed by atoms with Crippen molar-refractivity contribution in [2.24, 2.45) is 0 Å². The molecule has 0 saturated carbocycles. The van der Waals surface area contributed by atoms with Crippen LogP contribution in [0.4, 0.5) is 0 Å². The summed E-state index contributed by atoms with van der Waals surface area (Å²) in [5, 5.41) is 0.524. The SMILES string of the molecule is Cc1nc2ccccc2n1-c1ncc(Cl)cn1. The molecule has 0 bridgehead atoms. The first kappa shape index (κ1) is 10.2. The fourth-order valence-corrected chi connectivity index (χ4v) is 1.92. The summed E-state index contributed by atoms with van der Waals surface area (Å²) < 4.78 is 1.91. The Hall–Kier alpha value is -1.94. The van der Waals surface area contributed by atoms with Crippen molar-refractivity contribution >= 4 is 22.6 Å². The zero-order valence-corrected chi connectivity index (χ0v) is 9.89. The number of hydrogen-bond acceptors (Lipinski definition) is 3. The van der Waals surface area contributed by atoms with Crippen molar-refractivity contribution in [1.29, 1.82) is 0 Å². The molecule has 0 saturated heterocycles. The van der Waals surface area contributed by atoms with Gasteiger partial charge in [-0.15, -0.1) is 0 Å². The Kier molecular flexibility index (Phi) is 2.30. The molecule has 0 atom stereocenters. The third-order valence-electron chi connectivity index (χ3n) is 2.54. The van der Waals surface area contributed by atoms with Gasteiger partial charge in [0.2, 0.25) is 5.95 Å². The average molecular weight is 245 g/mol. The Balaban J connectivity index is 2.29. The topological polar surface area (TPSA) is 43.6 Å². The predicted molar refractivity (Wildman–Crippen MR) is 66.4 cm³/mol. The van der Waals surface area contributed by atoms with Crippen molar-refractivity contribution < 1.29 is 0 Å². The molecule has 0 unspecified atom stereocenters. The lowest BCUT2D eigenvalue weighted by Crippen LogP contribution is -2.02. The Morgan fingerprint density at radius 3 is 2.59 bits per heavy atom. The zero-order valence-electron chi connectivity index (χ0n) is 9.13. The molecule has 0 fully saturated rings. The lowest BCUT2D eigenvalue weighted by Gasteiger charge is -2.03. The Labute approximate surface area is 103 Å². The maximum absolute atomic E-state index is 5.78. The highest BCUT2D eigenvalue weighted by molar-refractivity contribution is 6.30. The van der Waals surface area contributed by atoms with Gasteiger partial charge >= 0.3 is 0 Å². The largest absolute Gasteiger partial charge is 0.264 e. The number of benzene rings is 1. The van der Waals surface area contributed by atoms with E-state index in [0.29, 0.717) is 11.0 Å². The molecule has 0 aliphatic carbocycles. The van der Waals surface area contributed by atoms with Crippen molar-refractivity contribution in [1.82, 2.24) is 19.5 Å². The molecule has 2 heterocycles. The van der Waals surface area contributed by atoms with Crippen LogP contribution >= 0.6 is 11.6 Å². The van der Waals surface area contributed by atoms with E-state index in [-0.39, 0.29) is 0 Å². The summed E-state index contributed by atoms with van der Waals surface area (Å²) in [6.45, 7) is 1.93. The molecule has 2 aromatic heterocycles. The smallest absolute Gasteiger partial charge is 0.235 e. The molecule has 0 aliphatic rings. The second-order valence-electron chi connectivity index (χ2n) is 3.68. The van der Waals surface area contributed by atoms with Crippen LogP contribution in [0.15, 0.2) is 36.7 Å². The number of aryl methyl sites for hydroxylation is 1. The lowest BCUT2D eigenvalue weighted by molar-refractivity contribution is 0.904. The average Bonchev–Trinajstić information content (AvgIpc) is 2.66. The molecular weight excluding hydrogens is 236 g/mol. The summed E-state index contributed by atoms with van der Waals surface area (Å²) >= 11 is 5.78. The molecule has 4 nitrogen and oxygen atoms in total. The van der Waals surface area contributed by atoms with Gasteiger partial charge in [0.25, 0.3) is 0 Å². The van der Waals surface area contributed by atoms with Crippen LogP contribution in [0.2, 0.25) is 5.02 Å². The first-order valence-electron chi connectivity index (χ1n) is 5.18. The van der Waals surface area contributed by atoms with Gasteiger partial charge in [-0.05, 0) is 19.1 Å². The van der Waals surface area contributed by atoms with E-state index in [1.165, 1.54) is 0 Å². The highest BCUT2D eigenvalue weighted by atomic mass is 35.5. The molecule has 3 aromatic rings. The van der Waals surface area contributed by atoms with Gasteiger partial charge in [-0.3, -0.25) is 4.57 Å². The number of rotatable bonds is 1. The lowest BCUT2D eigenvalue weighted by atomic mass is 10.3. The van der Waals surface area contributed by atoms with Crippen LogP contribution in [0.5, 0.6) is 0 Å². The highest BCUT2D eigenvalue weighted by Gasteiger charge is 2.10.